The Morgan fingerprint density at radius 1 is 1.28 bits per heavy atom. The van der Waals surface area contributed by atoms with Gasteiger partial charge in [-0.3, -0.25) is 4.79 Å². The fraction of sp³-hybridized carbons (Fsp3) is 0.588. The van der Waals surface area contributed by atoms with E-state index in [2.05, 4.69) is 4.74 Å². The van der Waals surface area contributed by atoms with Crippen LogP contribution in [0.5, 0.6) is 5.75 Å². The summed E-state index contributed by atoms with van der Waals surface area (Å²) in [6.45, 7) is 5.67. The number of rotatable bonds is 4. The van der Waals surface area contributed by atoms with Crippen LogP contribution in [0.3, 0.4) is 0 Å². The molecule has 1 aromatic rings. The van der Waals surface area contributed by atoms with Gasteiger partial charge in [-0.25, -0.2) is 0 Å². The molecular weight excluding hydrogens is 342 g/mol. The number of benzene rings is 1. The predicted octanol–water partition coefficient (Wildman–Crippen LogP) is 3.55. The van der Waals surface area contributed by atoms with E-state index in [0.717, 1.165) is 6.07 Å². The smallest absolute Gasteiger partial charge is 0.427 e. The topological polar surface area (TPSA) is 49.8 Å². The van der Waals surface area contributed by atoms with Gasteiger partial charge in [0.1, 0.15) is 5.75 Å². The van der Waals surface area contributed by atoms with Crippen molar-refractivity contribution in [2.45, 2.75) is 45.3 Å². The van der Waals surface area contributed by atoms with Crippen molar-refractivity contribution in [3.63, 3.8) is 0 Å². The highest BCUT2D eigenvalue weighted by molar-refractivity contribution is 5.97. The van der Waals surface area contributed by atoms with Gasteiger partial charge in [0.2, 0.25) is 0 Å². The number of nitrogens with zero attached hydrogens (tertiary/aromatic N) is 1. The largest absolute Gasteiger partial charge is 0.461 e. The number of hydrogen-bond donors (Lipinski definition) is 1. The minimum atomic E-state index is -4.69. The fourth-order valence-corrected chi connectivity index (χ4v) is 2.68. The number of amides is 1. The Labute approximate surface area is 143 Å². The van der Waals surface area contributed by atoms with E-state index in [9.17, 15) is 27.5 Å². The number of hydrogen-bond acceptors (Lipinski definition) is 3. The summed E-state index contributed by atoms with van der Waals surface area (Å²) in [5.41, 5.74) is -1.83. The second-order valence-corrected chi connectivity index (χ2v) is 7.10. The van der Waals surface area contributed by atoms with Gasteiger partial charge in [0.15, 0.2) is 0 Å². The molecule has 1 aliphatic heterocycles. The molecule has 0 saturated carbocycles. The van der Waals surface area contributed by atoms with E-state index in [-0.39, 0.29) is 18.7 Å². The predicted molar refractivity (Wildman–Crippen MR) is 82.9 cm³/mol. The molecule has 140 valence electrons. The van der Waals surface area contributed by atoms with Gasteiger partial charge >= 0.3 is 12.5 Å². The molecule has 0 aromatic heterocycles. The van der Waals surface area contributed by atoms with Gasteiger partial charge in [-0.1, -0.05) is 26.0 Å². The number of carbonyl (C=O) groups excluding carboxylic acids is 1. The van der Waals surface area contributed by atoms with E-state index in [0.29, 0.717) is 6.42 Å². The normalized spacial score (nSPS) is 23.6. The highest BCUT2D eigenvalue weighted by Gasteiger charge is 2.47. The van der Waals surface area contributed by atoms with Crippen LogP contribution < -0.4 is 4.74 Å². The molecule has 2 rings (SSSR count). The molecule has 0 radical (unpaired) electrons. The standard InChI is InChI=1S/C17H21F4NO3/c1-15(2)10-22(9-8-16(15,3)24)13(23)11-6-4-5-7-12(11)25-17(20,21)14(18)19/h4-7,14,24H,8-10H2,1-3H3/t16-/m1/s1. The number of likely N-dealkylation sites (tertiary alicyclic amines) is 1. The Hall–Kier alpha value is -1.83. The van der Waals surface area contributed by atoms with Crippen molar-refractivity contribution >= 4 is 5.91 Å². The zero-order valence-corrected chi connectivity index (χ0v) is 14.2. The van der Waals surface area contributed by atoms with Crippen molar-refractivity contribution < 1.29 is 32.2 Å². The maximum atomic E-state index is 13.2. The molecule has 1 fully saturated rings. The quantitative estimate of drug-likeness (QED) is 0.833. The third-order valence-electron chi connectivity index (χ3n) is 4.82. The lowest BCUT2D eigenvalue weighted by Crippen LogP contribution is -2.57. The van der Waals surface area contributed by atoms with E-state index in [4.69, 9.17) is 0 Å². The number of alkyl halides is 4. The van der Waals surface area contributed by atoms with E-state index < -0.39 is 35.2 Å². The molecule has 0 bridgehead atoms. The second-order valence-electron chi connectivity index (χ2n) is 7.10. The molecule has 0 spiro atoms. The summed E-state index contributed by atoms with van der Waals surface area (Å²) >= 11 is 0. The first-order chi connectivity index (χ1) is 11.4. The van der Waals surface area contributed by atoms with Gasteiger partial charge in [-0.15, -0.1) is 0 Å². The number of carbonyl (C=O) groups is 1. The molecule has 1 heterocycles. The van der Waals surface area contributed by atoms with Gasteiger partial charge in [0.05, 0.1) is 11.2 Å². The van der Waals surface area contributed by atoms with Crippen LogP contribution in [0, 0.1) is 5.41 Å². The highest BCUT2D eigenvalue weighted by Crippen LogP contribution is 2.39. The lowest BCUT2D eigenvalue weighted by atomic mass is 9.71. The van der Waals surface area contributed by atoms with Crippen LogP contribution in [-0.4, -0.2) is 47.1 Å². The van der Waals surface area contributed by atoms with Crippen molar-refractivity contribution in [2.75, 3.05) is 13.1 Å². The molecule has 1 atom stereocenters. The first kappa shape index (κ1) is 19.5. The Bertz CT molecular complexity index is 647. The number of ether oxygens (including phenoxy) is 1. The zero-order chi connectivity index (χ0) is 19.0. The van der Waals surface area contributed by atoms with E-state index in [1.165, 1.54) is 23.1 Å². The van der Waals surface area contributed by atoms with Gasteiger partial charge in [0, 0.05) is 18.5 Å². The molecule has 1 saturated heterocycles. The minimum Gasteiger partial charge on any atom is -0.427 e. The first-order valence-electron chi connectivity index (χ1n) is 7.83. The fourth-order valence-electron chi connectivity index (χ4n) is 2.68. The van der Waals surface area contributed by atoms with Crippen molar-refractivity contribution in [2.24, 2.45) is 5.41 Å². The Morgan fingerprint density at radius 3 is 2.44 bits per heavy atom. The van der Waals surface area contributed by atoms with Crippen LogP contribution in [-0.2, 0) is 0 Å². The third kappa shape index (κ3) is 3.89. The lowest BCUT2D eigenvalue weighted by molar-refractivity contribution is -0.253. The number of aliphatic hydroxyl groups is 1. The van der Waals surface area contributed by atoms with Crippen LogP contribution >= 0.6 is 0 Å². The van der Waals surface area contributed by atoms with Crippen LogP contribution in [0.4, 0.5) is 17.6 Å². The van der Waals surface area contributed by atoms with Crippen molar-refractivity contribution in [3.05, 3.63) is 29.8 Å². The van der Waals surface area contributed by atoms with E-state index in [1.54, 1.807) is 20.8 Å². The summed E-state index contributed by atoms with van der Waals surface area (Å²) in [4.78, 5) is 14.1. The Balaban J connectivity index is 2.26. The first-order valence-corrected chi connectivity index (χ1v) is 7.83. The SMILES string of the molecule is CC1(C)CN(C(=O)c2ccccc2OC(F)(F)C(F)F)CC[C@@]1(C)O. The Morgan fingerprint density at radius 2 is 1.88 bits per heavy atom. The highest BCUT2D eigenvalue weighted by atomic mass is 19.3. The average Bonchev–Trinajstić information content (AvgIpc) is 2.49. The van der Waals surface area contributed by atoms with Gasteiger partial charge < -0.3 is 14.7 Å². The summed E-state index contributed by atoms with van der Waals surface area (Å²) in [6, 6.07) is 5.05. The number of piperidine rings is 1. The van der Waals surface area contributed by atoms with Crippen LogP contribution in [0.25, 0.3) is 0 Å². The molecule has 0 unspecified atom stereocenters. The maximum absolute atomic E-state index is 13.2. The molecule has 1 amide bonds. The van der Waals surface area contributed by atoms with Gasteiger partial charge in [-0.2, -0.15) is 17.6 Å². The summed E-state index contributed by atoms with van der Waals surface area (Å²) < 4.78 is 55.3. The monoisotopic (exact) mass is 363 g/mol. The molecular formula is C17H21F4NO3. The maximum Gasteiger partial charge on any atom is 0.461 e. The van der Waals surface area contributed by atoms with Gasteiger partial charge in [0.25, 0.3) is 5.91 Å². The molecule has 8 heteroatoms. The molecule has 1 N–H and O–H groups in total. The molecule has 25 heavy (non-hydrogen) atoms. The molecule has 1 aliphatic rings. The lowest BCUT2D eigenvalue weighted by Gasteiger charge is -2.48. The van der Waals surface area contributed by atoms with Crippen molar-refractivity contribution in [3.8, 4) is 5.75 Å². The molecule has 0 aliphatic carbocycles. The number of para-hydroxylation sites is 1. The van der Waals surface area contributed by atoms with Gasteiger partial charge in [-0.05, 0) is 25.5 Å². The minimum absolute atomic E-state index is 0.193. The van der Waals surface area contributed by atoms with Crippen molar-refractivity contribution in [1.82, 2.24) is 4.90 Å². The zero-order valence-electron chi connectivity index (χ0n) is 14.2. The summed E-state index contributed by atoms with van der Waals surface area (Å²) in [7, 11) is 0. The van der Waals surface area contributed by atoms with Crippen molar-refractivity contribution in [1.29, 1.82) is 0 Å². The van der Waals surface area contributed by atoms with Crippen LogP contribution in [0.15, 0.2) is 24.3 Å². The second kappa shape index (κ2) is 6.48. The van der Waals surface area contributed by atoms with Crippen LogP contribution in [0.2, 0.25) is 0 Å². The van der Waals surface area contributed by atoms with Crippen LogP contribution in [0.1, 0.15) is 37.6 Å². The summed E-state index contributed by atoms with van der Waals surface area (Å²) in [5, 5.41) is 10.4. The van der Waals surface area contributed by atoms with E-state index in [1.807, 2.05) is 0 Å². The third-order valence-corrected chi connectivity index (χ3v) is 4.82. The molecule has 4 nitrogen and oxygen atoms in total. The summed E-state index contributed by atoms with van der Waals surface area (Å²) in [5.74, 6) is -1.21. The molecule has 1 aromatic carbocycles. The number of halogens is 4. The Kier molecular flexibility index (Phi) is 5.05. The van der Waals surface area contributed by atoms with E-state index >= 15 is 0 Å². The average molecular weight is 363 g/mol. The summed E-state index contributed by atoms with van der Waals surface area (Å²) in [6.07, 6.45) is -8.40.